The zero-order chi connectivity index (χ0) is 21.8. The molecule has 2 aliphatic rings. The van der Waals surface area contributed by atoms with E-state index in [2.05, 4.69) is 14.9 Å². The van der Waals surface area contributed by atoms with E-state index in [1.165, 1.54) is 22.8 Å². The van der Waals surface area contributed by atoms with E-state index in [4.69, 9.17) is 9.47 Å². The molecule has 3 heterocycles. The highest BCUT2D eigenvalue weighted by atomic mass is 32.2. The van der Waals surface area contributed by atoms with Gasteiger partial charge in [-0.1, -0.05) is 0 Å². The quantitative estimate of drug-likeness (QED) is 0.651. The Kier molecular flexibility index (Phi) is 6.54. The summed E-state index contributed by atoms with van der Waals surface area (Å²) in [6, 6.07) is 5.69. The van der Waals surface area contributed by atoms with Crippen LogP contribution < -0.4 is 14.5 Å². The number of morpholine rings is 1. The van der Waals surface area contributed by atoms with Crippen molar-refractivity contribution in [1.29, 1.82) is 0 Å². The number of nitrogens with zero attached hydrogens (tertiary/aromatic N) is 5. The van der Waals surface area contributed by atoms with Crippen LogP contribution in [0.2, 0.25) is 0 Å². The largest absolute Gasteiger partial charge is 0.491 e. The van der Waals surface area contributed by atoms with E-state index in [0.29, 0.717) is 32.9 Å². The topological polar surface area (TPSA) is 88.1 Å². The maximum absolute atomic E-state index is 14.2. The Morgan fingerprint density at radius 3 is 2.26 bits per heavy atom. The highest BCUT2D eigenvalue weighted by Gasteiger charge is 2.30. The number of hydrogen-bond acceptors (Lipinski definition) is 8. The summed E-state index contributed by atoms with van der Waals surface area (Å²) in [5, 5.41) is 0. The van der Waals surface area contributed by atoms with Crippen molar-refractivity contribution < 1.29 is 22.3 Å². The Bertz CT molecular complexity index is 1010. The van der Waals surface area contributed by atoms with Crippen molar-refractivity contribution >= 4 is 21.7 Å². The van der Waals surface area contributed by atoms with Gasteiger partial charge in [-0.15, -0.1) is 0 Å². The van der Waals surface area contributed by atoms with Gasteiger partial charge in [0.05, 0.1) is 24.7 Å². The average Bonchev–Trinajstić information content (AvgIpc) is 2.81. The first-order valence-electron chi connectivity index (χ1n) is 10.3. The molecule has 0 N–H and O–H groups in total. The first-order chi connectivity index (χ1) is 15.0. The number of rotatable bonds is 6. The summed E-state index contributed by atoms with van der Waals surface area (Å²) in [5.41, 5.74) is 0. The second kappa shape index (κ2) is 9.33. The lowest BCUT2D eigenvalue weighted by Gasteiger charge is -2.35. The molecular formula is C20H26FN5O4S. The summed E-state index contributed by atoms with van der Waals surface area (Å²) >= 11 is 0. The minimum absolute atomic E-state index is 0.0473. The molecule has 31 heavy (non-hydrogen) atoms. The number of aromatic nitrogens is 2. The lowest BCUT2D eigenvalue weighted by atomic mass is 10.3. The van der Waals surface area contributed by atoms with Gasteiger partial charge < -0.3 is 19.3 Å². The van der Waals surface area contributed by atoms with Gasteiger partial charge >= 0.3 is 0 Å². The monoisotopic (exact) mass is 451 g/mol. The van der Waals surface area contributed by atoms with Gasteiger partial charge in [-0.05, 0) is 25.1 Å². The number of anilines is 2. The van der Waals surface area contributed by atoms with Gasteiger partial charge in [-0.2, -0.15) is 4.31 Å². The minimum atomic E-state index is -3.79. The van der Waals surface area contributed by atoms with Crippen molar-refractivity contribution in [3.63, 3.8) is 0 Å². The van der Waals surface area contributed by atoms with Gasteiger partial charge in [0.2, 0.25) is 10.0 Å². The summed E-state index contributed by atoms with van der Waals surface area (Å²) in [6.45, 7) is 6.48. The molecule has 2 saturated heterocycles. The van der Waals surface area contributed by atoms with Crippen molar-refractivity contribution in [2.45, 2.75) is 11.8 Å². The van der Waals surface area contributed by atoms with E-state index < -0.39 is 15.8 Å². The molecule has 2 aliphatic heterocycles. The van der Waals surface area contributed by atoms with Crippen molar-refractivity contribution in [2.24, 2.45) is 0 Å². The van der Waals surface area contributed by atoms with Crippen LogP contribution in [0, 0.1) is 5.82 Å². The summed E-state index contributed by atoms with van der Waals surface area (Å²) in [6.07, 6.45) is 1.53. The highest BCUT2D eigenvalue weighted by Crippen LogP contribution is 2.25. The van der Waals surface area contributed by atoms with Gasteiger partial charge in [-0.3, -0.25) is 0 Å². The van der Waals surface area contributed by atoms with Crippen molar-refractivity contribution in [3.8, 4) is 5.75 Å². The van der Waals surface area contributed by atoms with Gasteiger partial charge in [-0.25, -0.2) is 22.8 Å². The van der Waals surface area contributed by atoms with Crippen LogP contribution in [0.1, 0.15) is 6.92 Å². The average molecular weight is 452 g/mol. The fourth-order valence-corrected chi connectivity index (χ4v) is 5.13. The number of hydrogen-bond donors (Lipinski definition) is 0. The molecule has 0 radical (unpaired) electrons. The van der Waals surface area contributed by atoms with Crippen LogP contribution in [0.15, 0.2) is 35.5 Å². The summed E-state index contributed by atoms with van der Waals surface area (Å²) in [4.78, 5) is 12.8. The predicted octanol–water partition coefficient (Wildman–Crippen LogP) is 1.36. The third-order valence-electron chi connectivity index (χ3n) is 5.38. The summed E-state index contributed by atoms with van der Waals surface area (Å²) < 4.78 is 52.0. The lowest BCUT2D eigenvalue weighted by molar-refractivity contribution is 0.122. The highest BCUT2D eigenvalue weighted by molar-refractivity contribution is 7.89. The predicted molar refractivity (Wildman–Crippen MR) is 114 cm³/mol. The molecular weight excluding hydrogens is 425 g/mol. The van der Waals surface area contributed by atoms with E-state index in [-0.39, 0.29) is 23.7 Å². The molecule has 11 heteroatoms. The van der Waals surface area contributed by atoms with Crippen LogP contribution in [0.5, 0.6) is 5.75 Å². The fourth-order valence-electron chi connectivity index (χ4n) is 3.70. The molecule has 1 aromatic heterocycles. The van der Waals surface area contributed by atoms with E-state index in [1.54, 1.807) is 6.92 Å². The first-order valence-corrected chi connectivity index (χ1v) is 11.7. The second-order valence-corrected chi connectivity index (χ2v) is 9.19. The molecule has 1 aromatic carbocycles. The molecule has 2 fully saturated rings. The van der Waals surface area contributed by atoms with Gasteiger partial charge in [0.15, 0.2) is 11.6 Å². The smallest absolute Gasteiger partial charge is 0.243 e. The van der Waals surface area contributed by atoms with Crippen LogP contribution in [-0.2, 0) is 14.8 Å². The van der Waals surface area contributed by atoms with Crippen LogP contribution in [0.4, 0.5) is 16.0 Å². The molecule has 4 rings (SSSR count). The second-order valence-electron chi connectivity index (χ2n) is 7.25. The van der Waals surface area contributed by atoms with Crippen LogP contribution in [0.25, 0.3) is 0 Å². The normalized spacial score (nSPS) is 18.3. The van der Waals surface area contributed by atoms with Gasteiger partial charge in [0.1, 0.15) is 18.0 Å². The number of piperazine rings is 1. The Hall–Kier alpha value is -2.50. The number of ether oxygens (including phenoxy) is 2. The van der Waals surface area contributed by atoms with Crippen LogP contribution in [0.3, 0.4) is 0 Å². The molecule has 0 spiro atoms. The molecule has 2 aromatic rings. The molecule has 9 nitrogen and oxygen atoms in total. The molecule has 0 bridgehead atoms. The van der Waals surface area contributed by atoms with Crippen LogP contribution >= 0.6 is 0 Å². The lowest BCUT2D eigenvalue weighted by Crippen LogP contribution is -2.49. The summed E-state index contributed by atoms with van der Waals surface area (Å²) in [5.74, 6) is 0.971. The molecule has 0 saturated carbocycles. The number of benzene rings is 1. The third-order valence-corrected chi connectivity index (χ3v) is 7.27. The maximum atomic E-state index is 14.2. The van der Waals surface area contributed by atoms with Gasteiger partial charge in [0.25, 0.3) is 0 Å². The molecule has 0 atom stereocenters. The summed E-state index contributed by atoms with van der Waals surface area (Å²) in [7, 11) is -3.79. The molecule has 0 aliphatic carbocycles. The Morgan fingerprint density at radius 1 is 1.00 bits per heavy atom. The Balaban J connectivity index is 1.43. The maximum Gasteiger partial charge on any atom is 0.243 e. The third kappa shape index (κ3) is 4.73. The van der Waals surface area contributed by atoms with E-state index in [0.717, 1.165) is 30.8 Å². The Morgan fingerprint density at radius 2 is 1.65 bits per heavy atom. The number of sulfonamides is 1. The van der Waals surface area contributed by atoms with Crippen molar-refractivity contribution in [1.82, 2.24) is 14.3 Å². The molecule has 0 amide bonds. The standard InChI is InChI=1S/C20H26FN5O4S/c1-2-30-18-4-3-16(13-17(18)21)31(27,28)26-7-5-24(6-8-26)19-14-20(23-15-22-19)25-9-11-29-12-10-25/h3-4,13-15H,2,5-12H2,1H3. The SMILES string of the molecule is CCOc1ccc(S(=O)(=O)N2CCN(c3cc(N4CCOCC4)ncn3)CC2)cc1F. The Labute approximate surface area is 181 Å². The number of halogens is 1. The minimum Gasteiger partial charge on any atom is -0.491 e. The van der Waals surface area contributed by atoms with E-state index in [1.807, 2.05) is 11.0 Å². The van der Waals surface area contributed by atoms with Crippen molar-refractivity contribution in [2.75, 3.05) is 68.9 Å². The van der Waals surface area contributed by atoms with Crippen LogP contribution in [-0.4, -0.2) is 81.8 Å². The molecule has 168 valence electrons. The van der Waals surface area contributed by atoms with Crippen molar-refractivity contribution in [3.05, 3.63) is 36.4 Å². The molecule has 0 unspecified atom stereocenters. The van der Waals surface area contributed by atoms with E-state index in [9.17, 15) is 12.8 Å². The zero-order valence-corrected chi connectivity index (χ0v) is 18.2. The van der Waals surface area contributed by atoms with E-state index >= 15 is 0 Å². The first kappa shape index (κ1) is 21.7. The van der Waals surface area contributed by atoms with Gasteiger partial charge in [0, 0.05) is 45.3 Å². The fraction of sp³-hybridized carbons (Fsp3) is 0.500. The zero-order valence-electron chi connectivity index (χ0n) is 17.4.